The van der Waals surface area contributed by atoms with E-state index in [9.17, 15) is 24.5 Å². The lowest BCUT2D eigenvalue weighted by Gasteiger charge is -2.40. The zero-order valence-corrected chi connectivity index (χ0v) is 30.6. The number of unbranched alkanes of at least 4 members (excludes halogenated alkanes) is 2. The summed E-state index contributed by atoms with van der Waals surface area (Å²) in [6.07, 6.45) is 9.46. The van der Waals surface area contributed by atoms with E-state index in [1.807, 2.05) is 18.2 Å². The maximum absolute atomic E-state index is 13.1. The van der Waals surface area contributed by atoms with E-state index < -0.39 is 22.8 Å². The number of piperidine rings is 2. The first kappa shape index (κ1) is 36.0. The molecule has 1 unspecified atom stereocenters. The largest absolute Gasteiger partial charge is 0.494 e. The van der Waals surface area contributed by atoms with Crippen LogP contribution < -0.4 is 20.1 Å². The number of nitro groups is 1. The number of hydrogen-bond donors (Lipinski definition) is 2. The van der Waals surface area contributed by atoms with Gasteiger partial charge in [0.05, 0.1) is 45.4 Å². The molecule has 8 rings (SSSR count). The normalized spacial score (nSPS) is 22.4. The van der Waals surface area contributed by atoms with Gasteiger partial charge >= 0.3 is 0 Å². The number of amides is 3. The summed E-state index contributed by atoms with van der Waals surface area (Å²) in [6.45, 7) is 7.36. The van der Waals surface area contributed by atoms with Crippen LogP contribution in [0.1, 0.15) is 78.5 Å². The van der Waals surface area contributed by atoms with Crippen LogP contribution >= 0.6 is 11.8 Å². The molecule has 0 bridgehead atoms. The Morgan fingerprint density at radius 2 is 1.69 bits per heavy atom. The summed E-state index contributed by atoms with van der Waals surface area (Å²) in [4.78, 5) is 58.7. The van der Waals surface area contributed by atoms with Gasteiger partial charge in [-0.3, -0.25) is 29.4 Å². The van der Waals surface area contributed by atoms with Gasteiger partial charge in [-0.2, -0.15) is 0 Å². The number of fused-ring (bicyclic) bond motifs is 3. The fourth-order valence-corrected chi connectivity index (χ4v) is 8.62. The van der Waals surface area contributed by atoms with Crippen LogP contribution in [0.15, 0.2) is 70.7 Å². The molecular weight excluding hydrogens is 713 g/mol. The monoisotopic (exact) mass is 754 g/mol. The maximum atomic E-state index is 13.1. The number of aromatic nitrogens is 1. The smallest absolute Gasteiger partial charge is 0.288 e. The minimum absolute atomic E-state index is 0.0341. The average Bonchev–Trinajstić information content (AvgIpc) is 3.39. The number of nitrogens with zero attached hydrogens (tertiary/aromatic N) is 4. The zero-order chi connectivity index (χ0) is 37.3. The summed E-state index contributed by atoms with van der Waals surface area (Å²) in [5, 5.41) is 17.1. The zero-order valence-electron chi connectivity index (χ0n) is 29.8. The van der Waals surface area contributed by atoms with Crippen LogP contribution in [0.3, 0.4) is 0 Å². The van der Waals surface area contributed by atoms with Gasteiger partial charge in [-0.15, -0.1) is 0 Å². The Bertz CT molecular complexity index is 2000. The van der Waals surface area contributed by atoms with Crippen LogP contribution in [-0.2, 0) is 9.53 Å². The van der Waals surface area contributed by atoms with E-state index in [2.05, 4.69) is 27.1 Å². The molecule has 2 aromatic carbocycles. The molecule has 15 heteroatoms. The van der Waals surface area contributed by atoms with Crippen molar-refractivity contribution in [3.05, 3.63) is 82.2 Å². The number of hydrogen-bond acceptors (Lipinski definition) is 12. The summed E-state index contributed by atoms with van der Waals surface area (Å²) < 4.78 is 18.6. The molecule has 3 amide bonds. The quantitative estimate of drug-likeness (QED) is 0.0686. The Balaban J connectivity index is 0.696. The van der Waals surface area contributed by atoms with E-state index in [0.717, 1.165) is 85.8 Å². The van der Waals surface area contributed by atoms with E-state index in [0.29, 0.717) is 47.2 Å². The summed E-state index contributed by atoms with van der Waals surface area (Å²) in [5.41, 5.74) is 2.04. The molecule has 1 aliphatic carbocycles. The highest BCUT2D eigenvalue weighted by atomic mass is 32.2. The van der Waals surface area contributed by atoms with Gasteiger partial charge in [0.1, 0.15) is 35.7 Å². The highest BCUT2D eigenvalue weighted by Gasteiger charge is 2.44. The van der Waals surface area contributed by atoms with Crippen molar-refractivity contribution < 1.29 is 33.5 Å². The molecular formula is C39H42N6O8S. The van der Waals surface area contributed by atoms with Gasteiger partial charge in [-0.1, -0.05) is 18.3 Å². The first-order valence-electron chi connectivity index (χ1n) is 18.6. The molecule has 2 saturated heterocycles. The second-order valence-corrected chi connectivity index (χ2v) is 15.5. The molecule has 1 atom stereocenters. The number of benzene rings is 2. The topological polar surface area (TPSA) is 165 Å². The van der Waals surface area contributed by atoms with Crippen molar-refractivity contribution in [2.24, 2.45) is 0 Å². The molecule has 14 nitrogen and oxygen atoms in total. The van der Waals surface area contributed by atoms with Crippen molar-refractivity contribution in [3.63, 3.8) is 0 Å². The van der Waals surface area contributed by atoms with Gasteiger partial charge in [-0.25, -0.2) is 4.98 Å². The lowest BCUT2D eigenvalue weighted by molar-refractivity contribution is -0.385. The molecule has 1 aromatic heterocycles. The first-order valence-corrected chi connectivity index (χ1v) is 19.4. The number of anilines is 2. The average molecular weight is 755 g/mol. The van der Waals surface area contributed by atoms with Crippen molar-refractivity contribution >= 4 is 46.7 Å². The number of nitrogens with one attached hydrogen (secondary N) is 2. The fraction of sp³-hybridized carbons (Fsp3) is 0.436. The van der Waals surface area contributed by atoms with Crippen molar-refractivity contribution in [2.75, 3.05) is 31.6 Å². The number of rotatable bonds is 13. The highest BCUT2D eigenvalue weighted by molar-refractivity contribution is 7.99. The van der Waals surface area contributed by atoms with E-state index in [4.69, 9.17) is 14.2 Å². The first-order chi connectivity index (χ1) is 26.2. The Morgan fingerprint density at radius 1 is 0.889 bits per heavy atom. The van der Waals surface area contributed by atoms with Gasteiger partial charge in [-0.05, 0) is 87.9 Å². The number of pyridine rings is 1. The standard InChI is InChI=1S/C39H42N6O8S/c1-23-5-10-33(37(46)41-23)44-38(47)30-8-6-26(20-31(30)39(44)48)51-16-4-2-3-13-43-14-11-25(12-15-43)52-28-18-29(19-28)53-27-7-9-32-34(21-27)54-35-17-24(45(49)50)22-40-36(35)42-32/h6-9,17,20-22,25,28-29,33H,1-5,10-16,18-19H2,(H,40,42)(H,41,46). The number of ether oxygens (including phenoxy) is 3. The van der Waals surface area contributed by atoms with Crippen LogP contribution in [0.2, 0.25) is 0 Å². The minimum Gasteiger partial charge on any atom is -0.494 e. The Kier molecular flexibility index (Phi) is 10.3. The van der Waals surface area contributed by atoms with Crippen LogP contribution in [0, 0.1) is 10.1 Å². The maximum Gasteiger partial charge on any atom is 0.288 e. The summed E-state index contributed by atoms with van der Waals surface area (Å²) in [5.74, 6) is 0.645. The highest BCUT2D eigenvalue weighted by Crippen LogP contribution is 2.46. The third kappa shape index (κ3) is 7.66. The molecule has 3 aromatic rings. The number of likely N-dealkylation sites (tertiary alicyclic amines) is 1. The van der Waals surface area contributed by atoms with E-state index in [-0.39, 0.29) is 35.5 Å². The summed E-state index contributed by atoms with van der Waals surface area (Å²) in [7, 11) is 0. The molecule has 54 heavy (non-hydrogen) atoms. The molecule has 5 heterocycles. The van der Waals surface area contributed by atoms with Gasteiger partial charge < -0.3 is 29.7 Å². The van der Waals surface area contributed by atoms with Crippen molar-refractivity contribution in [1.82, 2.24) is 20.1 Å². The van der Waals surface area contributed by atoms with Crippen LogP contribution in [-0.4, -0.2) is 88.0 Å². The van der Waals surface area contributed by atoms with Crippen LogP contribution in [0.25, 0.3) is 0 Å². The lowest BCUT2D eigenvalue weighted by atomic mass is 9.91. The van der Waals surface area contributed by atoms with Crippen molar-refractivity contribution in [2.45, 2.75) is 91.9 Å². The molecule has 3 fully saturated rings. The predicted octanol–water partition coefficient (Wildman–Crippen LogP) is 6.23. The van der Waals surface area contributed by atoms with Gasteiger partial charge in [0.2, 0.25) is 5.91 Å². The lowest BCUT2D eigenvalue weighted by Crippen LogP contribution is -2.51. The molecule has 5 aliphatic rings. The van der Waals surface area contributed by atoms with Crippen molar-refractivity contribution in [1.29, 1.82) is 0 Å². The Morgan fingerprint density at radius 3 is 2.48 bits per heavy atom. The van der Waals surface area contributed by atoms with Crippen molar-refractivity contribution in [3.8, 4) is 11.5 Å². The second-order valence-electron chi connectivity index (χ2n) is 14.4. The molecule has 282 valence electrons. The van der Waals surface area contributed by atoms with E-state index in [1.165, 1.54) is 24.0 Å². The number of allylic oxidation sites excluding steroid dienone is 1. The fourth-order valence-electron chi connectivity index (χ4n) is 7.60. The molecule has 2 N–H and O–H groups in total. The van der Waals surface area contributed by atoms with Gasteiger partial charge in [0.15, 0.2) is 0 Å². The second kappa shape index (κ2) is 15.4. The Labute approximate surface area is 316 Å². The number of carbonyl (C=O) groups excluding carboxylic acids is 3. The van der Waals surface area contributed by atoms with Crippen LogP contribution in [0.5, 0.6) is 11.5 Å². The molecule has 4 aliphatic heterocycles. The van der Waals surface area contributed by atoms with Gasteiger partial charge in [0, 0.05) is 42.6 Å². The molecule has 0 radical (unpaired) electrons. The van der Waals surface area contributed by atoms with Gasteiger partial charge in [0.25, 0.3) is 17.5 Å². The SMILES string of the molecule is C=C1CCC(N2C(=O)c3ccc(OCCCCCN4CCC(OC5CC(Oc6ccc7c(c6)Sc6cc([N+](=O)[O-])cnc6N7)C5)CC4)cc3C2=O)C(=O)N1. The minimum atomic E-state index is -0.829. The van der Waals surface area contributed by atoms with Crippen LogP contribution in [0.4, 0.5) is 17.2 Å². The molecule has 0 spiro atoms. The summed E-state index contributed by atoms with van der Waals surface area (Å²) >= 11 is 1.45. The summed E-state index contributed by atoms with van der Waals surface area (Å²) in [6, 6.07) is 11.5. The third-order valence-corrected chi connectivity index (χ3v) is 11.7. The van der Waals surface area contributed by atoms with E-state index >= 15 is 0 Å². The molecule has 1 saturated carbocycles. The van der Waals surface area contributed by atoms with E-state index in [1.54, 1.807) is 18.2 Å². The number of imide groups is 1. The number of carbonyl (C=O) groups is 3. The predicted molar refractivity (Wildman–Crippen MR) is 199 cm³/mol. The third-order valence-electron chi connectivity index (χ3n) is 10.7. The Hall–Kier alpha value is -4.99.